The number of hydrogen-bond acceptors (Lipinski definition) is 2. The predicted octanol–water partition coefficient (Wildman–Crippen LogP) is 2.08. The van der Waals surface area contributed by atoms with Gasteiger partial charge in [-0.15, -0.1) is 0 Å². The number of carbonyl (C=O) groups excluding carboxylic acids is 2. The van der Waals surface area contributed by atoms with Gasteiger partial charge < -0.3 is 0 Å². The first-order valence-electron chi connectivity index (χ1n) is 4.58. The minimum absolute atomic E-state index is 0.0985. The lowest BCUT2D eigenvalue weighted by Gasteiger charge is -2.27. The highest BCUT2D eigenvalue weighted by Crippen LogP contribution is 2.33. The van der Waals surface area contributed by atoms with E-state index in [2.05, 4.69) is 6.92 Å². The van der Waals surface area contributed by atoms with E-state index in [1.165, 1.54) is 6.08 Å². The van der Waals surface area contributed by atoms with Crippen molar-refractivity contribution in [2.45, 2.75) is 32.6 Å². The van der Waals surface area contributed by atoms with Gasteiger partial charge in [0.2, 0.25) is 0 Å². The number of allylic oxidation sites excluding steroid dienone is 3. The molecule has 0 N–H and O–H groups in total. The molecule has 70 valence electrons. The molecular formula is C11H14O2. The van der Waals surface area contributed by atoms with Crippen LogP contribution in [0, 0.1) is 5.41 Å². The fraction of sp³-hybridized carbons (Fsp3) is 0.545. The quantitative estimate of drug-likeness (QED) is 0.620. The summed E-state index contributed by atoms with van der Waals surface area (Å²) in [5.74, 6) is 1.98. The standard InChI is InChI=1S/C11H14O2/c1-11(6-2-3-9-12)7-4-10(13)5-8-11/h3-4,7H,2,5-6,8H2,1H3. The van der Waals surface area contributed by atoms with E-state index in [1.54, 1.807) is 12.0 Å². The molecule has 0 heterocycles. The van der Waals surface area contributed by atoms with E-state index in [0.717, 1.165) is 19.3 Å². The molecule has 0 amide bonds. The molecule has 13 heavy (non-hydrogen) atoms. The molecule has 2 nitrogen and oxygen atoms in total. The summed E-state index contributed by atoms with van der Waals surface area (Å²) < 4.78 is 0. The van der Waals surface area contributed by atoms with Crippen LogP contribution in [0.15, 0.2) is 18.2 Å². The third kappa shape index (κ3) is 3.00. The van der Waals surface area contributed by atoms with Crippen molar-refractivity contribution in [2.75, 3.05) is 0 Å². The van der Waals surface area contributed by atoms with Crippen LogP contribution in [0.5, 0.6) is 0 Å². The summed E-state index contributed by atoms with van der Waals surface area (Å²) >= 11 is 0. The summed E-state index contributed by atoms with van der Waals surface area (Å²) in [4.78, 5) is 20.9. The maximum absolute atomic E-state index is 10.9. The maximum atomic E-state index is 10.9. The highest BCUT2D eigenvalue weighted by molar-refractivity contribution is 5.90. The average Bonchev–Trinajstić information content (AvgIpc) is 2.12. The van der Waals surface area contributed by atoms with Crippen molar-refractivity contribution in [2.24, 2.45) is 5.41 Å². The lowest BCUT2D eigenvalue weighted by Crippen LogP contribution is -2.19. The van der Waals surface area contributed by atoms with Gasteiger partial charge in [-0.25, -0.2) is 4.79 Å². The Hall–Kier alpha value is -1.14. The zero-order valence-electron chi connectivity index (χ0n) is 7.88. The van der Waals surface area contributed by atoms with Crippen LogP contribution in [0.3, 0.4) is 0 Å². The number of carbonyl (C=O) groups is 1. The van der Waals surface area contributed by atoms with Gasteiger partial charge in [0.1, 0.15) is 5.94 Å². The lowest BCUT2D eigenvalue weighted by molar-refractivity contribution is -0.115. The van der Waals surface area contributed by atoms with Crippen molar-refractivity contribution < 1.29 is 9.59 Å². The molecule has 0 saturated carbocycles. The summed E-state index contributed by atoms with van der Waals surface area (Å²) in [5, 5.41) is 0. The van der Waals surface area contributed by atoms with Crippen molar-refractivity contribution in [3.8, 4) is 0 Å². The van der Waals surface area contributed by atoms with Crippen molar-refractivity contribution in [3.63, 3.8) is 0 Å². The van der Waals surface area contributed by atoms with Gasteiger partial charge in [0, 0.05) is 6.42 Å². The lowest BCUT2D eigenvalue weighted by atomic mass is 9.77. The van der Waals surface area contributed by atoms with Gasteiger partial charge in [0.15, 0.2) is 5.78 Å². The van der Waals surface area contributed by atoms with E-state index >= 15 is 0 Å². The van der Waals surface area contributed by atoms with Crippen molar-refractivity contribution in [1.82, 2.24) is 0 Å². The Balaban J connectivity index is 2.51. The monoisotopic (exact) mass is 178 g/mol. The zero-order valence-corrected chi connectivity index (χ0v) is 7.88. The summed E-state index contributed by atoms with van der Waals surface area (Å²) in [6.45, 7) is 2.12. The molecular weight excluding hydrogens is 164 g/mol. The number of rotatable bonds is 3. The van der Waals surface area contributed by atoms with Gasteiger partial charge in [-0.3, -0.25) is 4.79 Å². The average molecular weight is 178 g/mol. The Morgan fingerprint density at radius 3 is 3.00 bits per heavy atom. The first kappa shape index (κ1) is 9.94. The smallest absolute Gasteiger partial charge is 0.155 e. The van der Waals surface area contributed by atoms with Gasteiger partial charge in [-0.1, -0.05) is 13.0 Å². The van der Waals surface area contributed by atoms with Crippen LogP contribution in [0.25, 0.3) is 0 Å². The fourth-order valence-corrected chi connectivity index (χ4v) is 1.54. The Labute approximate surface area is 78.3 Å². The maximum Gasteiger partial charge on any atom is 0.155 e. The summed E-state index contributed by atoms with van der Waals surface area (Å²) in [6.07, 6.45) is 8.35. The van der Waals surface area contributed by atoms with Crippen LogP contribution < -0.4 is 0 Å². The Morgan fingerprint density at radius 1 is 1.69 bits per heavy atom. The van der Waals surface area contributed by atoms with Gasteiger partial charge in [0.05, 0.1) is 0 Å². The van der Waals surface area contributed by atoms with E-state index in [0.29, 0.717) is 6.42 Å². The minimum Gasteiger partial charge on any atom is -0.295 e. The molecule has 0 saturated heterocycles. The SMILES string of the molecule is CC1(CCC=C=O)C=CC(=O)CC1. The molecule has 1 atom stereocenters. The molecule has 1 aliphatic rings. The zero-order chi connectivity index (χ0) is 9.73. The van der Waals surface area contributed by atoms with Crippen LogP contribution in [0.2, 0.25) is 0 Å². The van der Waals surface area contributed by atoms with Gasteiger partial charge in [-0.2, -0.15) is 0 Å². The number of hydrogen-bond donors (Lipinski definition) is 0. The molecule has 1 aliphatic carbocycles. The molecule has 0 radical (unpaired) electrons. The first-order chi connectivity index (χ1) is 6.16. The van der Waals surface area contributed by atoms with Crippen LogP contribution >= 0.6 is 0 Å². The van der Waals surface area contributed by atoms with E-state index in [-0.39, 0.29) is 11.2 Å². The predicted molar refractivity (Wildman–Crippen MR) is 51.0 cm³/mol. The van der Waals surface area contributed by atoms with Crippen LogP contribution in [-0.2, 0) is 9.59 Å². The third-order valence-corrected chi connectivity index (χ3v) is 2.56. The summed E-state index contributed by atoms with van der Waals surface area (Å²) in [6, 6.07) is 0. The Bertz CT molecular complexity index is 272. The van der Waals surface area contributed by atoms with Crippen molar-refractivity contribution in [1.29, 1.82) is 0 Å². The molecule has 0 aromatic carbocycles. The minimum atomic E-state index is 0.0985. The molecule has 0 aliphatic heterocycles. The second-order valence-corrected chi connectivity index (χ2v) is 3.81. The Morgan fingerprint density at radius 2 is 2.46 bits per heavy atom. The van der Waals surface area contributed by atoms with Crippen LogP contribution in [-0.4, -0.2) is 11.7 Å². The molecule has 0 bridgehead atoms. The number of ketones is 1. The highest BCUT2D eigenvalue weighted by Gasteiger charge is 2.24. The molecule has 0 fully saturated rings. The third-order valence-electron chi connectivity index (χ3n) is 2.56. The van der Waals surface area contributed by atoms with E-state index in [4.69, 9.17) is 0 Å². The highest BCUT2D eigenvalue weighted by atomic mass is 16.1. The van der Waals surface area contributed by atoms with Gasteiger partial charge in [0.25, 0.3) is 0 Å². The summed E-state index contributed by atoms with van der Waals surface area (Å²) in [5.41, 5.74) is 0.0985. The molecule has 0 spiro atoms. The van der Waals surface area contributed by atoms with E-state index in [9.17, 15) is 9.59 Å². The van der Waals surface area contributed by atoms with Crippen molar-refractivity contribution in [3.05, 3.63) is 18.2 Å². The first-order valence-corrected chi connectivity index (χ1v) is 4.58. The molecule has 0 aromatic rings. The van der Waals surface area contributed by atoms with Gasteiger partial charge >= 0.3 is 0 Å². The largest absolute Gasteiger partial charge is 0.295 e. The normalized spacial score (nSPS) is 27.0. The second-order valence-electron chi connectivity index (χ2n) is 3.81. The topological polar surface area (TPSA) is 34.1 Å². The molecule has 1 unspecified atom stereocenters. The molecule has 1 rings (SSSR count). The van der Waals surface area contributed by atoms with Crippen molar-refractivity contribution >= 4 is 11.7 Å². The Kier molecular flexibility index (Phi) is 3.21. The summed E-state index contributed by atoms with van der Waals surface area (Å²) in [7, 11) is 0. The van der Waals surface area contributed by atoms with Crippen LogP contribution in [0.1, 0.15) is 32.6 Å². The van der Waals surface area contributed by atoms with Crippen LogP contribution in [0.4, 0.5) is 0 Å². The fourth-order valence-electron chi connectivity index (χ4n) is 1.54. The van der Waals surface area contributed by atoms with Gasteiger partial charge in [-0.05, 0) is 36.8 Å². The van der Waals surface area contributed by atoms with E-state index < -0.39 is 0 Å². The molecule has 0 aromatic heterocycles. The second kappa shape index (κ2) is 4.20. The molecule has 2 heteroatoms. The van der Waals surface area contributed by atoms with E-state index in [1.807, 2.05) is 6.08 Å².